The first-order chi connectivity index (χ1) is 10.6. The van der Waals surface area contributed by atoms with E-state index in [9.17, 15) is 4.79 Å². The van der Waals surface area contributed by atoms with Crippen LogP contribution in [0.25, 0.3) is 6.08 Å². The third-order valence-corrected chi connectivity index (χ3v) is 3.84. The first kappa shape index (κ1) is 16.4. The van der Waals surface area contributed by atoms with Crippen molar-refractivity contribution in [2.45, 2.75) is 0 Å². The molecule has 2 rings (SSSR count). The lowest BCUT2D eigenvalue weighted by atomic mass is 10.1. The minimum atomic E-state index is -0.146. The van der Waals surface area contributed by atoms with Crippen LogP contribution in [0.3, 0.4) is 0 Å². The molecule has 0 saturated carbocycles. The number of rotatable bonds is 5. The van der Waals surface area contributed by atoms with Crippen molar-refractivity contribution in [1.82, 2.24) is 0 Å². The van der Waals surface area contributed by atoms with Crippen LogP contribution in [0.2, 0.25) is 10.0 Å². The Morgan fingerprint density at radius 2 is 1.86 bits per heavy atom. The van der Waals surface area contributed by atoms with Crippen LogP contribution in [0.1, 0.15) is 15.9 Å². The second-order valence-electron chi connectivity index (χ2n) is 4.41. The molecular formula is C17H14Cl2O3. The van der Waals surface area contributed by atoms with E-state index < -0.39 is 0 Å². The van der Waals surface area contributed by atoms with Gasteiger partial charge in [-0.2, -0.15) is 0 Å². The number of ketones is 1. The number of carbonyl (C=O) groups is 1. The van der Waals surface area contributed by atoms with Gasteiger partial charge in [0.15, 0.2) is 5.78 Å². The van der Waals surface area contributed by atoms with Crippen molar-refractivity contribution in [3.63, 3.8) is 0 Å². The van der Waals surface area contributed by atoms with Crippen LogP contribution in [-0.4, -0.2) is 20.0 Å². The van der Waals surface area contributed by atoms with E-state index >= 15 is 0 Å². The van der Waals surface area contributed by atoms with Crippen LogP contribution < -0.4 is 9.47 Å². The van der Waals surface area contributed by atoms with Gasteiger partial charge in [0, 0.05) is 11.1 Å². The molecule has 114 valence electrons. The van der Waals surface area contributed by atoms with E-state index in [0.29, 0.717) is 32.7 Å². The number of allylic oxidation sites excluding steroid dienone is 1. The standard InChI is InChI=1S/C17H14Cl2O3/c1-21-13-5-3-4-12(10-13)15(20)9-7-11-6-8-14(18)16(19)17(11)22-2/h3-10H,1-2H3/b9-7+. The number of carbonyl (C=O) groups excluding carboxylic acids is 1. The van der Waals surface area contributed by atoms with Crippen molar-refractivity contribution in [3.8, 4) is 11.5 Å². The van der Waals surface area contributed by atoms with Gasteiger partial charge in [0.1, 0.15) is 16.5 Å². The summed E-state index contributed by atoms with van der Waals surface area (Å²) in [5, 5.41) is 0.718. The average molecular weight is 337 g/mol. The highest BCUT2D eigenvalue weighted by Crippen LogP contribution is 2.35. The van der Waals surface area contributed by atoms with E-state index in [0.717, 1.165) is 0 Å². The Bertz CT molecular complexity index is 724. The summed E-state index contributed by atoms with van der Waals surface area (Å²) in [4.78, 5) is 12.2. The molecule has 0 aromatic heterocycles. The van der Waals surface area contributed by atoms with Crippen LogP contribution in [0.15, 0.2) is 42.5 Å². The number of benzene rings is 2. The van der Waals surface area contributed by atoms with Crippen molar-refractivity contribution in [3.05, 3.63) is 63.6 Å². The average Bonchev–Trinajstić information content (AvgIpc) is 2.55. The minimum absolute atomic E-state index is 0.146. The Hall–Kier alpha value is -1.97. The van der Waals surface area contributed by atoms with Crippen LogP contribution in [0, 0.1) is 0 Å². The molecule has 0 aliphatic carbocycles. The van der Waals surface area contributed by atoms with Crippen LogP contribution in [0.5, 0.6) is 11.5 Å². The SMILES string of the molecule is COc1cccc(C(=O)/C=C/c2ccc(Cl)c(Cl)c2OC)c1. The molecule has 3 nitrogen and oxygen atoms in total. The first-order valence-corrected chi connectivity index (χ1v) is 7.21. The summed E-state index contributed by atoms with van der Waals surface area (Å²) in [5.41, 5.74) is 1.21. The maximum Gasteiger partial charge on any atom is 0.185 e. The lowest BCUT2D eigenvalue weighted by Gasteiger charge is -2.08. The second-order valence-corrected chi connectivity index (χ2v) is 5.20. The maximum absolute atomic E-state index is 12.2. The van der Waals surface area contributed by atoms with Gasteiger partial charge in [-0.3, -0.25) is 4.79 Å². The molecule has 0 atom stereocenters. The Balaban J connectivity index is 2.28. The van der Waals surface area contributed by atoms with Crippen LogP contribution >= 0.6 is 23.2 Å². The van der Waals surface area contributed by atoms with E-state index in [2.05, 4.69) is 0 Å². The Morgan fingerprint density at radius 1 is 1.09 bits per heavy atom. The minimum Gasteiger partial charge on any atom is -0.497 e. The number of halogens is 2. The quantitative estimate of drug-likeness (QED) is 0.575. The molecule has 0 spiro atoms. The van der Waals surface area contributed by atoms with E-state index in [4.69, 9.17) is 32.7 Å². The zero-order valence-corrected chi connectivity index (χ0v) is 13.6. The summed E-state index contributed by atoms with van der Waals surface area (Å²) in [6.45, 7) is 0. The molecule has 0 amide bonds. The van der Waals surface area contributed by atoms with E-state index in [-0.39, 0.29) is 5.78 Å². The van der Waals surface area contributed by atoms with Gasteiger partial charge in [-0.05, 0) is 36.4 Å². The van der Waals surface area contributed by atoms with Crippen LogP contribution in [0.4, 0.5) is 0 Å². The van der Waals surface area contributed by atoms with Gasteiger partial charge in [0.25, 0.3) is 0 Å². The zero-order chi connectivity index (χ0) is 16.1. The molecule has 0 radical (unpaired) electrons. The number of hydrogen-bond donors (Lipinski definition) is 0. The lowest BCUT2D eigenvalue weighted by Crippen LogP contribution is -1.95. The summed E-state index contributed by atoms with van der Waals surface area (Å²) >= 11 is 12.0. The molecule has 0 saturated heterocycles. The Labute approximate surface area is 139 Å². The van der Waals surface area contributed by atoms with Crippen molar-refractivity contribution >= 4 is 35.1 Å². The van der Waals surface area contributed by atoms with Gasteiger partial charge in [-0.15, -0.1) is 0 Å². The predicted molar refractivity (Wildman–Crippen MR) is 89.4 cm³/mol. The van der Waals surface area contributed by atoms with E-state index in [1.165, 1.54) is 13.2 Å². The van der Waals surface area contributed by atoms with Gasteiger partial charge in [-0.25, -0.2) is 0 Å². The number of ether oxygens (including phenoxy) is 2. The number of methoxy groups -OCH3 is 2. The highest BCUT2D eigenvalue weighted by atomic mass is 35.5. The van der Waals surface area contributed by atoms with E-state index in [1.54, 1.807) is 49.6 Å². The first-order valence-electron chi connectivity index (χ1n) is 6.45. The fraction of sp³-hybridized carbons (Fsp3) is 0.118. The molecule has 0 N–H and O–H groups in total. The normalized spacial score (nSPS) is 10.7. The monoisotopic (exact) mass is 336 g/mol. The van der Waals surface area contributed by atoms with Gasteiger partial charge in [-0.1, -0.05) is 35.3 Å². The fourth-order valence-corrected chi connectivity index (χ4v) is 2.32. The van der Waals surface area contributed by atoms with E-state index in [1.807, 2.05) is 0 Å². The van der Waals surface area contributed by atoms with Gasteiger partial charge in [0.05, 0.1) is 19.2 Å². The summed E-state index contributed by atoms with van der Waals surface area (Å²) < 4.78 is 10.3. The molecule has 2 aromatic rings. The fourth-order valence-electron chi connectivity index (χ4n) is 1.92. The van der Waals surface area contributed by atoms with Crippen molar-refractivity contribution in [2.24, 2.45) is 0 Å². The molecule has 0 heterocycles. The molecule has 0 bridgehead atoms. The van der Waals surface area contributed by atoms with Gasteiger partial charge < -0.3 is 9.47 Å². The predicted octanol–water partition coefficient (Wildman–Crippen LogP) is 4.91. The molecule has 5 heteroatoms. The molecule has 0 unspecified atom stereocenters. The molecule has 0 fully saturated rings. The van der Waals surface area contributed by atoms with Gasteiger partial charge >= 0.3 is 0 Å². The summed E-state index contributed by atoms with van der Waals surface area (Å²) in [6.07, 6.45) is 3.10. The molecule has 2 aromatic carbocycles. The molecular weight excluding hydrogens is 323 g/mol. The van der Waals surface area contributed by atoms with Crippen molar-refractivity contribution in [1.29, 1.82) is 0 Å². The Kier molecular flexibility index (Phi) is 5.47. The summed E-state index contributed by atoms with van der Waals surface area (Å²) in [7, 11) is 3.05. The second kappa shape index (κ2) is 7.34. The highest BCUT2D eigenvalue weighted by molar-refractivity contribution is 6.43. The third-order valence-electron chi connectivity index (χ3n) is 3.05. The molecule has 0 aliphatic heterocycles. The topological polar surface area (TPSA) is 35.5 Å². The van der Waals surface area contributed by atoms with Crippen LogP contribution in [-0.2, 0) is 0 Å². The lowest BCUT2D eigenvalue weighted by molar-refractivity contribution is 0.104. The summed E-state index contributed by atoms with van der Waals surface area (Å²) in [5.74, 6) is 0.919. The highest BCUT2D eigenvalue weighted by Gasteiger charge is 2.10. The third kappa shape index (κ3) is 3.62. The smallest absolute Gasteiger partial charge is 0.185 e. The molecule has 0 aliphatic rings. The Morgan fingerprint density at radius 3 is 2.55 bits per heavy atom. The summed E-state index contributed by atoms with van der Waals surface area (Å²) in [6, 6.07) is 10.3. The zero-order valence-electron chi connectivity index (χ0n) is 12.1. The molecule has 22 heavy (non-hydrogen) atoms. The largest absolute Gasteiger partial charge is 0.497 e. The van der Waals surface area contributed by atoms with Crippen molar-refractivity contribution < 1.29 is 14.3 Å². The van der Waals surface area contributed by atoms with Gasteiger partial charge in [0.2, 0.25) is 0 Å². The van der Waals surface area contributed by atoms with Crippen molar-refractivity contribution in [2.75, 3.05) is 14.2 Å². The maximum atomic E-state index is 12.2. The number of hydrogen-bond acceptors (Lipinski definition) is 3.